The van der Waals surface area contributed by atoms with Crippen molar-refractivity contribution in [2.45, 2.75) is 13.0 Å². The van der Waals surface area contributed by atoms with Gasteiger partial charge in [0.05, 0.1) is 36.2 Å². The summed E-state index contributed by atoms with van der Waals surface area (Å²) in [5, 5.41) is 12.5. The first-order valence-corrected chi connectivity index (χ1v) is 11.9. The van der Waals surface area contributed by atoms with E-state index < -0.39 is 6.04 Å². The maximum atomic E-state index is 13.7. The van der Waals surface area contributed by atoms with Gasteiger partial charge in [0.15, 0.2) is 5.11 Å². The quantitative estimate of drug-likeness (QED) is 0.538. The highest BCUT2D eigenvalue weighted by Crippen LogP contribution is 2.35. The van der Waals surface area contributed by atoms with Crippen LogP contribution in [0.25, 0.3) is 16.9 Å². The molecule has 7 nitrogen and oxygen atoms in total. The highest BCUT2D eigenvalue weighted by molar-refractivity contribution is 7.80. The lowest BCUT2D eigenvalue weighted by molar-refractivity contribution is -0.131. The molecule has 34 heavy (non-hydrogen) atoms. The molecule has 174 valence electrons. The Morgan fingerprint density at radius 1 is 1.12 bits per heavy atom. The number of allylic oxidation sites excluding steroid dienone is 1. The summed E-state index contributed by atoms with van der Waals surface area (Å²) in [4.78, 5) is 15.5. The van der Waals surface area contributed by atoms with Gasteiger partial charge in [0.25, 0.3) is 5.91 Å². The van der Waals surface area contributed by atoms with Crippen LogP contribution in [0.1, 0.15) is 18.5 Å². The number of carbonyl (C=O) groups excluding carboxylic acids is 1. The van der Waals surface area contributed by atoms with Gasteiger partial charge < -0.3 is 20.3 Å². The van der Waals surface area contributed by atoms with Crippen molar-refractivity contribution < 1.29 is 9.53 Å². The van der Waals surface area contributed by atoms with E-state index >= 15 is 0 Å². The Balaban J connectivity index is 1.64. The van der Waals surface area contributed by atoms with E-state index in [-0.39, 0.29) is 5.91 Å². The molecule has 9 heteroatoms. The van der Waals surface area contributed by atoms with Crippen LogP contribution in [0.5, 0.6) is 0 Å². The topological polar surface area (TPSA) is 71.4 Å². The summed E-state index contributed by atoms with van der Waals surface area (Å²) in [5.74, 6) is -0.0391. The average molecular weight is 494 g/mol. The van der Waals surface area contributed by atoms with Gasteiger partial charge in [-0.1, -0.05) is 41.9 Å². The van der Waals surface area contributed by atoms with Gasteiger partial charge in [0.1, 0.15) is 0 Å². The molecule has 1 saturated heterocycles. The first-order valence-electron chi connectivity index (χ1n) is 11.1. The molecule has 2 aliphatic heterocycles. The minimum absolute atomic E-state index is 0.0391. The summed E-state index contributed by atoms with van der Waals surface area (Å²) in [6.07, 6.45) is 1.96. The number of rotatable bonds is 4. The van der Waals surface area contributed by atoms with Gasteiger partial charge in [0.2, 0.25) is 0 Å². The first-order chi connectivity index (χ1) is 16.5. The highest BCUT2D eigenvalue weighted by atomic mass is 35.5. The number of amides is 1. The minimum atomic E-state index is -0.466. The van der Waals surface area contributed by atoms with Crippen LogP contribution >= 0.6 is 23.8 Å². The predicted molar refractivity (Wildman–Crippen MR) is 136 cm³/mol. The summed E-state index contributed by atoms with van der Waals surface area (Å²) in [6, 6.07) is 17.0. The van der Waals surface area contributed by atoms with Crippen LogP contribution in [-0.4, -0.2) is 52.0 Å². The molecule has 1 unspecified atom stereocenters. The third-order valence-electron chi connectivity index (χ3n) is 5.99. The van der Waals surface area contributed by atoms with Gasteiger partial charge in [0, 0.05) is 41.1 Å². The molecule has 0 aliphatic carbocycles. The Morgan fingerprint density at radius 3 is 2.53 bits per heavy atom. The number of nitrogens with one attached hydrogen (secondary N) is 2. The molecular formula is C25H24ClN5O2S. The number of nitrogens with zero attached hydrogens (tertiary/aromatic N) is 3. The largest absolute Gasteiger partial charge is 0.378 e. The second-order valence-corrected chi connectivity index (χ2v) is 9.04. The number of hydrogen-bond donors (Lipinski definition) is 2. The second-order valence-electron chi connectivity index (χ2n) is 8.19. The summed E-state index contributed by atoms with van der Waals surface area (Å²) in [6.45, 7) is 4.06. The van der Waals surface area contributed by atoms with Crippen molar-refractivity contribution in [3.05, 3.63) is 82.7 Å². The lowest BCUT2D eigenvalue weighted by Gasteiger charge is -2.34. The lowest BCUT2D eigenvalue weighted by Crippen LogP contribution is -2.49. The Labute approximate surface area is 208 Å². The Kier molecular flexibility index (Phi) is 6.36. The molecule has 1 amide bonds. The molecule has 2 aliphatic rings. The summed E-state index contributed by atoms with van der Waals surface area (Å²) < 4.78 is 7.28. The van der Waals surface area contributed by atoms with Crippen LogP contribution in [0.4, 0.5) is 0 Å². The van der Waals surface area contributed by atoms with Crippen LogP contribution in [0.3, 0.4) is 0 Å². The van der Waals surface area contributed by atoms with Gasteiger partial charge in [-0.05, 0) is 43.4 Å². The monoisotopic (exact) mass is 493 g/mol. The number of halogens is 1. The second kappa shape index (κ2) is 9.58. The van der Waals surface area contributed by atoms with Gasteiger partial charge in [-0.2, -0.15) is 5.10 Å². The number of morpholine rings is 1. The third-order valence-corrected chi connectivity index (χ3v) is 6.46. The Hall–Kier alpha value is -3.20. The fourth-order valence-electron chi connectivity index (χ4n) is 4.29. The standard InChI is InChI=1S/C25H24ClN5O2S/c1-16-21(24(32)30-11-13-33-14-12-30)23(28-25(34)27-16)20-15-31(19-5-3-2-4-6-19)29-22(20)17-7-9-18(26)10-8-17/h2-10,15,23H,11-14H2,1H3,(H2,27,28,34). The SMILES string of the molecule is CC1=C(C(=O)N2CCOCC2)C(c2cn(-c3ccccc3)nc2-c2ccc(Cl)cc2)NC(=S)N1. The molecule has 1 aromatic heterocycles. The molecule has 5 rings (SSSR count). The van der Waals surface area contributed by atoms with Crippen LogP contribution in [0.2, 0.25) is 5.02 Å². The molecule has 1 fully saturated rings. The van der Waals surface area contributed by atoms with E-state index in [2.05, 4.69) is 10.6 Å². The number of carbonyl (C=O) groups is 1. The molecule has 0 saturated carbocycles. The highest BCUT2D eigenvalue weighted by Gasteiger charge is 2.35. The van der Waals surface area contributed by atoms with Crippen LogP contribution in [-0.2, 0) is 9.53 Å². The number of ether oxygens (including phenoxy) is 1. The van der Waals surface area contributed by atoms with Gasteiger partial charge >= 0.3 is 0 Å². The minimum Gasteiger partial charge on any atom is -0.378 e. The van der Waals surface area contributed by atoms with Crippen LogP contribution in [0, 0.1) is 0 Å². The molecule has 1 atom stereocenters. The zero-order valence-corrected chi connectivity index (χ0v) is 20.2. The number of aromatic nitrogens is 2. The first kappa shape index (κ1) is 22.6. The van der Waals surface area contributed by atoms with Crippen LogP contribution < -0.4 is 10.6 Å². The Morgan fingerprint density at radius 2 is 1.82 bits per heavy atom. The molecule has 2 N–H and O–H groups in total. The molecule has 3 heterocycles. The van der Waals surface area contributed by atoms with Crippen molar-refractivity contribution >= 4 is 34.8 Å². The predicted octanol–water partition coefficient (Wildman–Crippen LogP) is 3.84. The molecule has 3 aromatic rings. The average Bonchev–Trinajstić information content (AvgIpc) is 3.30. The van der Waals surface area contributed by atoms with E-state index in [0.717, 1.165) is 28.2 Å². The maximum Gasteiger partial charge on any atom is 0.254 e. The fraction of sp³-hybridized carbons (Fsp3) is 0.240. The van der Waals surface area contributed by atoms with E-state index in [0.29, 0.717) is 42.0 Å². The van der Waals surface area contributed by atoms with Crippen molar-refractivity contribution in [3.8, 4) is 16.9 Å². The third kappa shape index (κ3) is 4.44. The fourth-order valence-corrected chi connectivity index (χ4v) is 4.69. The van der Waals surface area contributed by atoms with Crippen molar-refractivity contribution in [2.24, 2.45) is 0 Å². The van der Waals surface area contributed by atoms with Crippen LogP contribution in [0.15, 0.2) is 72.1 Å². The summed E-state index contributed by atoms with van der Waals surface area (Å²) >= 11 is 11.6. The summed E-state index contributed by atoms with van der Waals surface area (Å²) in [5.41, 5.74) is 4.78. The van der Waals surface area contributed by atoms with Crippen molar-refractivity contribution in [2.75, 3.05) is 26.3 Å². The molecular weight excluding hydrogens is 470 g/mol. The Bertz CT molecular complexity index is 1250. The normalized spacial score (nSPS) is 18.5. The van der Waals surface area contributed by atoms with Gasteiger partial charge in [-0.25, -0.2) is 4.68 Å². The molecule has 2 aromatic carbocycles. The van der Waals surface area contributed by atoms with E-state index in [1.807, 2.05) is 77.3 Å². The smallest absolute Gasteiger partial charge is 0.254 e. The van der Waals surface area contributed by atoms with Gasteiger partial charge in [-0.3, -0.25) is 4.79 Å². The van der Waals surface area contributed by atoms with Crippen molar-refractivity contribution in [1.82, 2.24) is 25.3 Å². The number of hydrogen-bond acceptors (Lipinski definition) is 4. The number of para-hydroxylation sites is 1. The molecule has 0 spiro atoms. The van der Waals surface area contributed by atoms with Crippen molar-refractivity contribution in [1.29, 1.82) is 0 Å². The van der Waals surface area contributed by atoms with E-state index in [4.69, 9.17) is 33.7 Å². The van der Waals surface area contributed by atoms with Crippen molar-refractivity contribution in [3.63, 3.8) is 0 Å². The number of thiocarbonyl (C=S) groups is 1. The number of benzene rings is 2. The molecule has 0 bridgehead atoms. The maximum absolute atomic E-state index is 13.7. The zero-order chi connectivity index (χ0) is 23.7. The summed E-state index contributed by atoms with van der Waals surface area (Å²) in [7, 11) is 0. The van der Waals surface area contributed by atoms with E-state index in [1.54, 1.807) is 0 Å². The molecule has 0 radical (unpaired) electrons. The lowest BCUT2D eigenvalue weighted by atomic mass is 9.93. The van der Waals surface area contributed by atoms with E-state index in [1.165, 1.54) is 0 Å². The van der Waals surface area contributed by atoms with Gasteiger partial charge in [-0.15, -0.1) is 0 Å². The zero-order valence-electron chi connectivity index (χ0n) is 18.6. The van der Waals surface area contributed by atoms with E-state index in [9.17, 15) is 4.79 Å².